The number of hydrogen-bond donors (Lipinski definition) is 0. The molecule has 0 aromatic rings. The quantitative estimate of drug-likeness (QED) is 0.149. The molecule has 0 aliphatic carbocycles. The minimum atomic E-state index is -6.00. The molecule has 0 bridgehead atoms. The van der Waals surface area contributed by atoms with Gasteiger partial charge in [-0.3, -0.25) is 0 Å². The third-order valence-corrected chi connectivity index (χ3v) is 3.67. The van der Waals surface area contributed by atoms with Crippen molar-refractivity contribution >= 4 is 21.8 Å². The average Bonchev–Trinajstić information content (AvgIpc) is 2.69. The third kappa shape index (κ3) is 116. The van der Waals surface area contributed by atoms with E-state index in [9.17, 15) is 51.8 Å². The van der Waals surface area contributed by atoms with Crippen LogP contribution in [0.25, 0.3) is 0 Å². The zero-order valence-electron chi connectivity index (χ0n) is 22.9. The van der Waals surface area contributed by atoms with Gasteiger partial charge < -0.3 is 64.9 Å². The van der Waals surface area contributed by atoms with Crippen LogP contribution < -0.4 is 0 Å². The lowest BCUT2D eigenvalue weighted by molar-refractivity contribution is -0.119. The predicted octanol–water partition coefficient (Wildman–Crippen LogP) is 8.70. The van der Waals surface area contributed by atoms with Crippen molar-refractivity contribution in [3.8, 4) is 0 Å². The molecule has 0 N–H and O–H groups in total. The molecule has 0 saturated heterocycles. The van der Waals surface area contributed by atoms with Crippen LogP contribution in [0.3, 0.4) is 0 Å². The van der Waals surface area contributed by atoms with Gasteiger partial charge >= 0.3 is 21.8 Å². The minimum absolute atomic E-state index is 1.10. The maximum absolute atomic E-state index is 9.75. The van der Waals surface area contributed by atoms with Crippen molar-refractivity contribution in [2.24, 2.45) is 0 Å². The highest BCUT2D eigenvalue weighted by atomic mass is 19.5. The molecule has 3 nitrogen and oxygen atoms in total. The van der Waals surface area contributed by atoms with E-state index in [2.05, 4.69) is 75.4 Å². The topological polar surface area (TPSA) is 8.10 Å². The SMILES string of the molecule is CC[O+](CC)CC.CC[O+](CC)CC.CC[O+](CC)CC.F[B-](F)(F)F.F[B-](F)(F)F.F[B-](F)(F)F. The Morgan fingerprint density at radius 1 is 0.278 bits per heavy atom. The summed E-state index contributed by atoms with van der Waals surface area (Å²) in [6.45, 7) is 29.3. The molecular formula is C18H45B3F12O3. The van der Waals surface area contributed by atoms with Gasteiger partial charge in [-0.15, -0.1) is 0 Å². The molecule has 0 aromatic heterocycles. The maximum atomic E-state index is 9.75. The Kier molecular flexibility index (Phi) is 40.9. The molecule has 228 valence electrons. The second-order valence-corrected chi connectivity index (χ2v) is 5.92. The van der Waals surface area contributed by atoms with Crippen molar-refractivity contribution in [3.63, 3.8) is 0 Å². The van der Waals surface area contributed by atoms with Crippen LogP contribution in [-0.4, -0.2) is 81.2 Å². The van der Waals surface area contributed by atoms with Gasteiger partial charge in [0.05, 0.1) is 0 Å². The van der Waals surface area contributed by atoms with Crippen LogP contribution in [0.1, 0.15) is 62.3 Å². The van der Waals surface area contributed by atoms with Gasteiger partial charge in [0.15, 0.2) is 0 Å². The van der Waals surface area contributed by atoms with Crippen LogP contribution in [0.4, 0.5) is 51.8 Å². The zero-order valence-corrected chi connectivity index (χ0v) is 22.9. The predicted molar refractivity (Wildman–Crippen MR) is 129 cm³/mol. The van der Waals surface area contributed by atoms with Crippen molar-refractivity contribution in [2.75, 3.05) is 59.5 Å². The Morgan fingerprint density at radius 2 is 0.333 bits per heavy atom. The summed E-state index contributed by atoms with van der Waals surface area (Å²) >= 11 is 0. The smallest absolute Gasteiger partial charge is 0.422 e. The van der Waals surface area contributed by atoms with Gasteiger partial charge in [0.1, 0.15) is 59.5 Å². The fourth-order valence-electron chi connectivity index (χ4n) is 1.84. The van der Waals surface area contributed by atoms with Crippen molar-refractivity contribution in [1.82, 2.24) is 0 Å². The molecule has 0 atom stereocenters. The monoisotopic (exact) mass is 570 g/mol. The van der Waals surface area contributed by atoms with Gasteiger partial charge in [0.2, 0.25) is 0 Å². The Morgan fingerprint density at radius 3 is 0.333 bits per heavy atom. The molecule has 0 aliphatic heterocycles. The summed E-state index contributed by atoms with van der Waals surface area (Å²) in [7, 11) is -18.0. The first-order valence-corrected chi connectivity index (χ1v) is 11.6. The minimum Gasteiger partial charge on any atom is -0.422 e. The first-order valence-electron chi connectivity index (χ1n) is 11.6. The van der Waals surface area contributed by atoms with Crippen LogP contribution >= 0.6 is 0 Å². The van der Waals surface area contributed by atoms with Crippen LogP contribution in [0.15, 0.2) is 0 Å². The van der Waals surface area contributed by atoms with Crippen LogP contribution in [0.5, 0.6) is 0 Å². The first kappa shape index (κ1) is 48.3. The summed E-state index contributed by atoms with van der Waals surface area (Å²) in [4.78, 5) is 0. The van der Waals surface area contributed by atoms with Crippen molar-refractivity contribution < 1.29 is 64.9 Å². The van der Waals surface area contributed by atoms with E-state index in [1.807, 2.05) is 0 Å². The van der Waals surface area contributed by atoms with Crippen LogP contribution in [0, 0.1) is 0 Å². The third-order valence-electron chi connectivity index (χ3n) is 3.67. The summed E-state index contributed by atoms with van der Waals surface area (Å²) in [5.41, 5.74) is 0. The molecule has 0 rings (SSSR count). The van der Waals surface area contributed by atoms with Gasteiger partial charge in [-0.25, -0.2) is 0 Å². The lowest BCUT2D eigenvalue weighted by Gasteiger charge is -2.11. The first-order chi connectivity index (χ1) is 16.0. The summed E-state index contributed by atoms with van der Waals surface area (Å²) in [6, 6.07) is 0. The van der Waals surface area contributed by atoms with E-state index in [1.54, 1.807) is 0 Å². The highest BCUT2D eigenvalue weighted by Crippen LogP contribution is 2.07. The Bertz CT molecular complexity index is 299. The van der Waals surface area contributed by atoms with E-state index in [1.165, 1.54) is 0 Å². The van der Waals surface area contributed by atoms with E-state index >= 15 is 0 Å². The van der Waals surface area contributed by atoms with Crippen molar-refractivity contribution in [3.05, 3.63) is 0 Å². The molecule has 0 amide bonds. The molecule has 0 fully saturated rings. The second kappa shape index (κ2) is 30.5. The lowest BCUT2D eigenvalue weighted by Crippen LogP contribution is -2.11. The standard InChI is InChI=1S/3C6H15O.3BF4/c3*1-4-7(5-2)6-3;3*2-1(3,4)5/h3*4-6H2,1-3H3;;;/q3*+1;3*-1. The van der Waals surface area contributed by atoms with Crippen molar-refractivity contribution in [2.45, 2.75) is 62.3 Å². The number of hydrogen-bond acceptors (Lipinski definition) is 0. The fraction of sp³-hybridized carbons (Fsp3) is 1.00. The van der Waals surface area contributed by atoms with Gasteiger partial charge in [-0.1, -0.05) is 0 Å². The van der Waals surface area contributed by atoms with Gasteiger partial charge in [0.25, 0.3) is 0 Å². The molecule has 0 heterocycles. The summed E-state index contributed by atoms with van der Waals surface area (Å²) in [5.74, 6) is 0. The molecule has 18 heteroatoms. The lowest BCUT2D eigenvalue weighted by atomic mass is 10.3. The van der Waals surface area contributed by atoms with Gasteiger partial charge in [0, 0.05) is 62.3 Å². The molecule has 0 saturated carbocycles. The van der Waals surface area contributed by atoms with E-state index in [0.29, 0.717) is 0 Å². The molecule has 0 radical (unpaired) electrons. The van der Waals surface area contributed by atoms with E-state index in [-0.39, 0.29) is 0 Å². The Balaban J connectivity index is -0.0000000756. The van der Waals surface area contributed by atoms with Gasteiger partial charge in [-0.05, 0) is 0 Å². The Labute approximate surface area is 209 Å². The average molecular weight is 570 g/mol. The molecule has 0 unspecified atom stereocenters. The van der Waals surface area contributed by atoms with Crippen LogP contribution in [-0.2, 0) is 13.1 Å². The zero-order chi connectivity index (χ0) is 30.6. The normalized spacial score (nSPS) is 11.0. The molecule has 0 aliphatic rings. The molecular weight excluding hydrogens is 525 g/mol. The largest absolute Gasteiger partial charge is 0.673 e. The maximum Gasteiger partial charge on any atom is 0.673 e. The van der Waals surface area contributed by atoms with E-state index in [0.717, 1.165) is 59.5 Å². The summed E-state index contributed by atoms with van der Waals surface area (Å²) in [5, 5.41) is 0. The van der Waals surface area contributed by atoms with E-state index < -0.39 is 21.8 Å². The fourth-order valence-corrected chi connectivity index (χ4v) is 1.84. The summed E-state index contributed by atoms with van der Waals surface area (Å²) < 4.78 is 126. The highest BCUT2D eigenvalue weighted by Gasteiger charge is 2.21. The van der Waals surface area contributed by atoms with Gasteiger partial charge in [-0.2, -0.15) is 0 Å². The molecule has 0 spiro atoms. The summed E-state index contributed by atoms with van der Waals surface area (Å²) in [6.07, 6.45) is 0. The van der Waals surface area contributed by atoms with Crippen LogP contribution in [0.2, 0.25) is 0 Å². The van der Waals surface area contributed by atoms with Crippen molar-refractivity contribution in [1.29, 1.82) is 0 Å². The number of rotatable bonds is 9. The highest BCUT2D eigenvalue weighted by molar-refractivity contribution is 6.50. The molecule has 0 aromatic carbocycles. The van der Waals surface area contributed by atoms with E-state index in [4.69, 9.17) is 0 Å². The Hall–Kier alpha value is -0.765. The number of halogens is 12. The molecule has 36 heavy (non-hydrogen) atoms. The second-order valence-electron chi connectivity index (χ2n) is 5.92.